The van der Waals surface area contributed by atoms with Gasteiger partial charge in [0.05, 0.1) is 5.56 Å². The zero-order valence-electron chi connectivity index (χ0n) is 9.41. The summed E-state index contributed by atoms with van der Waals surface area (Å²) < 4.78 is 37.8. The van der Waals surface area contributed by atoms with Crippen molar-refractivity contribution in [3.63, 3.8) is 0 Å². The molecule has 2 rings (SSSR count). The predicted molar refractivity (Wildman–Crippen MR) is 65.1 cm³/mol. The van der Waals surface area contributed by atoms with E-state index in [0.717, 1.165) is 6.07 Å². The molecule has 1 heterocycles. The number of carbonyl (C=O) groups excluding carboxylic acids is 1. The maximum Gasteiger partial charge on any atom is 0.417 e. The minimum atomic E-state index is -4.48. The lowest BCUT2D eigenvalue weighted by atomic mass is 10.0. The van der Waals surface area contributed by atoms with Gasteiger partial charge in [0.1, 0.15) is 11.4 Å². The fourth-order valence-corrected chi connectivity index (χ4v) is 1.76. The van der Waals surface area contributed by atoms with Gasteiger partial charge in [0, 0.05) is 17.3 Å². The van der Waals surface area contributed by atoms with Crippen molar-refractivity contribution in [2.24, 2.45) is 0 Å². The van der Waals surface area contributed by atoms with Crippen LogP contribution in [0.2, 0.25) is 5.15 Å². The van der Waals surface area contributed by atoms with Crippen LogP contribution in [0.1, 0.15) is 15.9 Å². The number of hydrogen-bond acceptors (Lipinski definition) is 2. The highest BCUT2D eigenvalue weighted by Crippen LogP contribution is 2.34. The first-order chi connectivity index (χ1) is 8.91. The third kappa shape index (κ3) is 2.93. The van der Waals surface area contributed by atoms with Crippen LogP contribution in [-0.4, -0.2) is 11.3 Å². The molecule has 0 N–H and O–H groups in total. The van der Waals surface area contributed by atoms with Gasteiger partial charge in [-0.15, -0.1) is 0 Å². The molecule has 0 amide bonds. The van der Waals surface area contributed by atoms with Gasteiger partial charge >= 0.3 is 6.18 Å². The van der Waals surface area contributed by atoms with E-state index < -0.39 is 11.7 Å². The smallest absolute Gasteiger partial charge is 0.298 e. The molecule has 0 aliphatic rings. The van der Waals surface area contributed by atoms with Crippen molar-refractivity contribution in [1.29, 1.82) is 0 Å². The Hall–Kier alpha value is -1.88. The van der Waals surface area contributed by atoms with E-state index in [-0.39, 0.29) is 10.7 Å². The second-order valence-corrected chi connectivity index (χ2v) is 4.16. The Morgan fingerprint density at radius 2 is 1.79 bits per heavy atom. The Labute approximate surface area is 111 Å². The third-order valence-corrected chi connectivity index (χ3v) is 2.83. The molecule has 6 heteroatoms. The van der Waals surface area contributed by atoms with Crippen molar-refractivity contribution in [2.75, 3.05) is 0 Å². The number of pyridine rings is 1. The van der Waals surface area contributed by atoms with Gasteiger partial charge < -0.3 is 0 Å². The van der Waals surface area contributed by atoms with Crippen LogP contribution in [0.25, 0.3) is 11.1 Å². The molecule has 0 unspecified atom stereocenters. The van der Waals surface area contributed by atoms with E-state index in [9.17, 15) is 18.0 Å². The molecule has 0 aliphatic heterocycles. The third-order valence-electron chi connectivity index (χ3n) is 2.52. The van der Waals surface area contributed by atoms with Crippen LogP contribution in [0.15, 0.2) is 36.5 Å². The van der Waals surface area contributed by atoms with Crippen LogP contribution in [0.3, 0.4) is 0 Å². The lowest BCUT2D eigenvalue weighted by molar-refractivity contribution is -0.137. The molecule has 19 heavy (non-hydrogen) atoms. The van der Waals surface area contributed by atoms with Crippen molar-refractivity contribution >= 4 is 17.9 Å². The average Bonchev–Trinajstić information content (AvgIpc) is 2.38. The van der Waals surface area contributed by atoms with Gasteiger partial charge in [-0.2, -0.15) is 13.2 Å². The first kappa shape index (κ1) is 13.5. The van der Waals surface area contributed by atoms with E-state index in [1.807, 2.05) is 0 Å². The molecular formula is C13H7ClF3NO. The number of aldehydes is 1. The van der Waals surface area contributed by atoms with Crippen molar-refractivity contribution in [2.45, 2.75) is 6.18 Å². The van der Waals surface area contributed by atoms with Gasteiger partial charge in [0.2, 0.25) is 0 Å². The van der Waals surface area contributed by atoms with E-state index in [0.29, 0.717) is 23.6 Å². The van der Waals surface area contributed by atoms with Crippen molar-refractivity contribution in [1.82, 2.24) is 4.98 Å². The van der Waals surface area contributed by atoms with Gasteiger partial charge in [-0.25, -0.2) is 4.98 Å². The molecule has 2 nitrogen and oxygen atoms in total. The van der Waals surface area contributed by atoms with E-state index >= 15 is 0 Å². The maximum absolute atomic E-state index is 12.6. The molecule has 2 aromatic rings. The van der Waals surface area contributed by atoms with E-state index in [2.05, 4.69) is 4.98 Å². The largest absolute Gasteiger partial charge is 0.417 e. The number of benzene rings is 1. The van der Waals surface area contributed by atoms with Crippen LogP contribution in [0.5, 0.6) is 0 Å². The van der Waals surface area contributed by atoms with Crippen LogP contribution in [-0.2, 0) is 6.18 Å². The number of hydrogen-bond donors (Lipinski definition) is 0. The molecule has 0 bridgehead atoms. The zero-order valence-corrected chi connectivity index (χ0v) is 10.2. The van der Waals surface area contributed by atoms with Gasteiger partial charge in [0.25, 0.3) is 0 Å². The first-order valence-electron chi connectivity index (χ1n) is 5.20. The summed E-state index contributed by atoms with van der Waals surface area (Å²) in [6, 6.07) is 6.97. The number of aromatic nitrogens is 1. The molecular weight excluding hydrogens is 279 g/mol. The molecule has 0 saturated heterocycles. The zero-order chi connectivity index (χ0) is 14.0. The van der Waals surface area contributed by atoms with E-state index in [1.165, 1.54) is 24.3 Å². The summed E-state index contributed by atoms with van der Waals surface area (Å²) in [5, 5.41) is -0.0214. The Balaban J connectivity index is 2.51. The standard InChI is InChI=1S/C13H7ClF3NO/c14-12-11(5-10(6-18-12)13(15,16)17)9-3-1-8(7-19)2-4-9/h1-7H. The number of rotatable bonds is 2. The van der Waals surface area contributed by atoms with Crippen molar-refractivity contribution < 1.29 is 18.0 Å². The molecule has 0 radical (unpaired) electrons. The minimum Gasteiger partial charge on any atom is -0.298 e. The number of carbonyl (C=O) groups is 1. The topological polar surface area (TPSA) is 30.0 Å². The average molecular weight is 286 g/mol. The number of alkyl halides is 3. The molecule has 98 valence electrons. The summed E-state index contributed by atoms with van der Waals surface area (Å²) in [5.74, 6) is 0. The van der Waals surface area contributed by atoms with E-state index in [1.54, 1.807) is 0 Å². The minimum absolute atomic E-state index is 0.0214. The highest BCUT2D eigenvalue weighted by molar-refractivity contribution is 6.32. The summed E-state index contributed by atoms with van der Waals surface area (Å²) in [6.45, 7) is 0. The monoisotopic (exact) mass is 285 g/mol. The Morgan fingerprint density at radius 3 is 2.32 bits per heavy atom. The highest BCUT2D eigenvalue weighted by atomic mass is 35.5. The number of halogens is 4. The van der Waals surface area contributed by atoms with Gasteiger partial charge in [-0.3, -0.25) is 4.79 Å². The molecule has 0 saturated carbocycles. The van der Waals surface area contributed by atoms with Gasteiger partial charge in [-0.05, 0) is 11.6 Å². The molecule has 1 aromatic carbocycles. The predicted octanol–water partition coefficient (Wildman–Crippen LogP) is 4.23. The van der Waals surface area contributed by atoms with Gasteiger partial charge in [-0.1, -0.05) is 35.9 Å². The van der Waals surface area contributed by atoms with Crippen molar-refractivity contribution in [3.8, 4) is 11.1 Å². The molecule has 1 aromatic heterocycles. The van der Waals surface area contributed by atoms with Crippen molar-refractivity contribution in [3.05, 3.63) is 52.8 Å². The highest BCUT2D eigenvalue weighted by Gasteiger charge is 2.31. The van der Waals surface area contributed by atoms with Crippen LogP contribution < -0.4 is 0 Å². The Morgan fingerprint density at radius 1 is 1.16 bits per heavy atom. The molecule has 0 spiro atoms. The van der Waals surface area contributed by atoms with E-state index in [4.69, 9.17) is 11.6 Å². The summed E-state index contributed by atoms with van der Waals surface area (Å²) in [5.41, 5.74) is 0.203. The number of nitrogens with zero attached hydrogens (tertiary/aromatic N) is 1. The Kier molecular flexibility index (Phi) is 3.57. The normalized spacial score (nSPS) is 11.4. The second kappa shape index (κ2) is 5.01. The fourth-order valence-electron chi connectivity index (χ4n) is 1.55. The molecule has 0 fully saturated rings. The summed E-state index contributed by atoms with van der Waals surface area (Å²) >= 11 is 5.81. The Bertz CT molecular complexity index is 608. The molecule has 0 aliphatic carbocycles. The summed E-state index contributed by atoms with van der Waals surface area (Å²) in [7, 11) is 0. The lowest BCUT2D eigenvalue weighted by Crippen LogP contribution is -2.05. The fraction of sp³-hybridized carbons (Fsp3) is 0.0769. The second-order valence-electron chi connectivity index (χ2n) is 3.80. The quantitative estimate of drug-likeness (QED) is 0.610. The van der Waals surface area contributed by atoms with Crippen LogP contribution in [0.4, 0.5) is 13.2 Å². The summed E-state index contributed by atoms with van der Waals surface area (Å²) in [6.07, 6.45) is -3.14. The maximum atomic E-state index is 12.6. The van der Waals surface area contributed by atoms with Crippen LogP contribution in [0, 0.1) is 0 Å². The first-order valence-corrected chi connectivity index (χ1v) is 5.58. The van der Waals surface area contributed by atoms with Crippen LogP contribution >= 0.6 is 11.6 Å². The molecule has 0 atom stereocenters. The SMILES string of the molecule is O=Cc1ccc(-c2cc(C(F)(F)F)cnc2Cl)cc1. The van der Waals surface area contributed by atoms with Gasteiger partial charge in [0.15, 0.2) is 0 Å². The lowest BCUT2D eigenvalue weighted by Gasteiger charge is -2.10. The summed E-state index contributed by atoms with van der Waals surface area (Å²) in [4.78, 5) is 14.1.